The Kier molecular flexibility index (Phi) is 5.52. The third kappa shape index (κ3) is 6.11. The van der Waals surface area contributed by atoms with Crippen LogP contribution in [-0.2, 0) is 11.3 Å². The molecule has 0 aromatic carbocycles. The molecule has 21 heavy (non-hydrogen) atoms. The van der Waals surface area contributed by atoms with Crippen LogP contribution in [0.15, 0.2) is 30.4 Å². The highest BCUT2D eigenvalue weighted by atomic mass is 19.1. The van der Waals surface area contributed by atoms with Gasteiger partial charge in [-0.3, -0.25) is 4.79 Å². The van der Waals surface area contributed by atoms with E-state index in [2.05, 4.69) is 5.32 Å². The van der Waals surface area contributed by atoms with Crippen LogP contribution in [0.5, 0.6) is 0 Å². The van der Waals surface area contributed by atoms with Gasteiger partial charge in [-0.05, 0) is 32.4 Å². The van der Waals surface area contributed by atoms with Crippen molar-refractivity contribution in [3.05, 3.63) is 35.9 Å². The molecule has 2 amide bonds. The Morgan fingerprint density at radius 3 is 2.62 bits per heavy atom. The van der Waals surface area contributed by atoms with Gasteiger partial charge < -0.3 is 20.4 Å². The van der Waals surface area contributed by atoms with Crippen molar-refractivity contribution >= 4 is 12.0 Å². The maximum Gasteiger partial charge on any atom is 0.407 e. The van der Waals surface area contributed by atoms with E-state index >= 15 is 0 Å². The Morgan fingerprint density at radius 2 is 2.14 bits per heavy atom. The van der Waals surface area contributed by atoms with E-state index in [1.54, 1.807) is 37.6 Å². The van der Waals surface area contributed by atoms with Crippen LogP contribution in [0.4, 0.5) is 9.18 Å². The Bertz CT molecular complexity index is 544. The van der Waals surface area contributed by atoms with Crippen molar-refractivity contribution in [1.82, 2.24) is 9.88 Å². The molecule has 1 aromatic rings. The summed E-state index contributed by atoms with van der Waals surface area (Å²) in [4.78, 5) is 22.4. The molecule has 0 bridgehead atoms. The molecule has 0 saturated carbocycles. The molecule has 1 rings (SSSR count). The summed E-state index contributed by atoms with van der Waals surface area (Å²) < 4.78 is 19.5. The van der Waals surface area contributed by atoms with Gasteiger partial charge >= 0.3 is 6.09 Å². The predicted molar refractivity (Wildman–Crippen MR) is 76.4 cm³/mol. The van der Waals surface area contributed by atoms with Crippen molar-refractivity contribution in [2.45, 2.75) is 32.9 Å². The van der Waals surface area contributed by atoms with Crippen LogP contribution in [0.25, 0.3) is 0 Å². The zero-order valence-electron chi connectivity index (χ0n) is 12.4. The van der Waals surface area contributed by atoms with E-state index in [-0.39, 0.29) is 13.1 Å². The van der Waals surface area contributed by atoms with E-state index in [9.17, 15) is 14.0 Å². The highest BCUT2D eigenvalue weighted by molar-refractivity contribution is 5.92. The lowest BCUT2D eigenvalue weighted by Crippen LogP contribution is -2.33. The molecule has 6 nitrogen and oxygen atoms in total. The highest BCUT2D eigenvalue weighted by Crippen LogP contribution is 2.08. The summed E-state index contributed by atoms with van der Waals surface area (Å²) in [5.41, 5.74) is 5.19. The number of hydrogen-bond acceptors (Lipinski definition) is 3. The summed E-state index contributed by atoms with van der Waals surface area (Å²) in [5.74, 6) is -0.550. The molecule has 0 atom stereocenters. The molecule has 0 aliphatic heterocycles. The van der Waals surface area contributed by atoms with Crippen molar-refractivity contribution in [2.24, 2.45) is 5.73 Å². The minimum Gasteiger partial charge on any atom is -0.444 e. The number of nitrogens with two attached hydrogens (primary N) is 1. The molecule has 0 unspecified atom stereocenters. The molecule has 0 aliphatic rings. The summed E-state index contributed by atoms with van der Waals surface area (Å²) in [7, 11) is 0. The van der Waals surface area contributed by atoms with Crippen LogP contribution < -0.4 is 11.1 Å². The van der Waals surface area contributed by atoms with Gasteiger partial charge in [-0.1, -0.05) is 0 Å². The fraction of sp³-hybridized carbons (Fsp3) is 0.429. The minimum atomic E-state index is -0.618. The predicted octanol–water partition coefficient (Wildman–Crippen LogP) is 1.97. The van der Waals surface area contributed by atoms with Crippen molar-refractivity contribution < 1.29 is 18.7 Å². The Labute approximate surface area is 122 Å². The summed E-state index contributed by atoms with van der Waals surface area (Å²) in [5, 5.41) is 2.47. The number of nitrogens with zero attached hydrogens (tertiary/aromatic N) is 1. The summed E-state index contributed by atoms with van der Waals surface area (Å²) in [6.07, 6.45) is 2.92. The fourth-order valence-electron chi connectivity index (χ4n) is 1.55. The molecular formula is C14H20FN3O3. The fourth-order valence-corrected chi connectivity index (χ4v) is 1.55. The molecule has 0 fully saturated rings. The second-order valence-electron chi connectivity index (χ2n) is 5.56. The molecule has 1 aromatic heterocycles. The number of alkyl carbamates (subject to hydrolysis) is 1. The first-order chi connectivity index (χ1) is 9.71. The summed E-state index contributed by atoms with van der Waals surface area (Å²) in [6.45, 7) is 5.42. The SMILES string of the molecule is CC(C)(C)OC(=O)NC/C(=C\F)Cn1ccc(C(N)=O)c1. The van der Waals surface area contributed by atoms with Gasteiger partial charge in [0, 0.05) is 25.5 Å². The van der Waals surface area contributed by atoms with E-state index in [0.29, 0.717) is 17.5 Å². The first-order valence-electron chi connectivity index (χ1n) is 6.42. The van der Waals surface area contributed by atoms with Crippen LogP contribution in [0.1, 0.15) is 31.1 Å². The lowest BCUT2D eigenvalue weighted by molar-refractivity contribution is 0.0532. The lowest BCUT2D eigenvalue weighted by atomic mass is 10.2. The quantitative estimate of drug-likeness (QED) is 0.871. The van der Waals surface area contributed by atoms with Gasteiger partial charge in [0.05, 0.1) is 11.9 Å². The molecular weight excluding hydrogens is 277 g/mol. The number of hydrogen-bond donors (Lipinski definition) is 2. The number of aromatic nitrogens is 1. The Balaban J connectivity index is 2.52. The second-order valence-corrected chi connectivity index (χ2v) is 5.56. The average molecular weight is 297 g/mol. The zero-order chi connectivity index (χ0) is 16.0. The minimum absolute atomic E-state index is 0.00942. The first-order valence-corrected chi connectivity index (χ1v) is 6.42. The summed E-state index contributed by atoms with van der Waals surface area (Å²) in [6, 6.07) is 1.54. The van der Waals surface area contributed by atoms with Gasteiger partial charge in [0.15, 0.2) is 0 Å². The number of rotatable bonds is 5. The van der Waals surface area contributed by atoms with Gasteiger partial charge in [-0.25, -0.2) is 9.18 Å². The molecule has 116 valence electrons. The van der Waals surface area contributed by atoms with E-state index in [0.717, 1.165) is 0 Å². The molecule has 0 spiro atoms. The van der Waals surface area contributed by atoms with Crippen LogP contribution in [0, 0.1) is 0 Å². The van der Waals surface area contributed by atoms with E-state index in [1.807, 2.05) is 0 Å². The topological polar surface area (TPSA) is 86.3 Å². The number of ether oxygens (including phenoxy) is 1. The smallest absolute Gasteiger partial charge is 0.407 e. The number of carbonyl (C=O) groups excluding carboxylic acids is 2. The van der Waals surface area contributed by atoms with Crippen molar-refractivity contribution in [1.29, 1.82) is 0 Å². The number of primary amides is 1. The zero-order valence-corrected chi connectivity index (χ0v) is 12.4. The van der Waals surface area contributed by atoms with Gasteiger partial charge in [0.2, 0.25) is 5.91 Å². The Hall–Kier alpha value is -2.31. The standard InChI is InChI=1S/C14H20FN3O3/c1-14(2,3)21-13(20)17-7-10(6-15)8-18-5-4-11(9-18)12(16)19/h4-6,9H,7-8H2,1-3H3,(H2,16,19)(H,17,20)/b10-6+. The lowest BCUT2D eigenvalue weighted by Gasteiger charge is -2.20. The highest BCUT2D eigenvalue weighted by Gasteiger charge is 2.16. The number of nitrogens with one attached hydrogen (secondary N) is 1. The normalized spacial score (nSPS) is 12.1. The maximum atomic E-state index is 12.8. The monoisotopic (exact) mass is 297 g/mol. The van der Waals surface area contributed by atoms with Crippen LogP contribution in [-0.4, -0.2) is 28.7 Å². The van der Waals surface area contributed by atoms with Crippen LogP contribution in [0.2, 0.25) is 0 Å². The van der Waals surface area contributed by atoms with Gasteiger partial charge in [0.1, 0.15) is 5.60 Å². The molecule has 7 heteroatoms. The van der Waals surface area contributed by atoms with E-state index < -0.39 is 17.6 Å². The van der Waals surface area contributed by atoms with Gasteiger partial charge in [-0.2, -0.15) is 0 Å². The van der Waals surface area contributed by atoms with Crippen molar-refractivity contribution in [3.8, 4) is 0 Å². The Morgan fingerprint density at radius 1 is 1.48 bits per heavy atom. The van der Waals surface area contributed by atoms with Gasteiger partial charge in [0.25, 0.3) is 0 Å². The number of amides is 2. The first kappa shape index (κ1) is 16.7. The number of carbonyl (C=O) groups is 2. The maximum absolute atomic E-state index is 12.8. The molecule has 0 saturated heterocycles. The van der Waals surface area contributed by atoms with Crippen LogP contribution in [0.3, 0.4) is 0 Å². The third-order valence-corrected chi connectivity index (χ3v) is 2.43. The van der Waals surface area contributed by atoms with E-state index in [4.69, 9.17) is 10.5 Å². The average Bonchev–Trinajstić information content (AvgIpc) is 2.80. The molecule has 0 aliphatic carbocycles. The van der Waals surface area contributed by atoms with Gasteiger partial charge in [-0.15, -0.1) is 0 Å². The largest absolute Gasteiger partial charge is 0.444 e. The van der Waals surface area contributed by atoms with E-state index in [1.165, 1.54) is 6.20 Å². The third-order valence-electron chi connectivity index (χ3n) is 2.43. The van der Waals surface area contributed by atoms with Crippen molar-refractivity contribution in [3.63, 3.8) is 0 Å². The number of halogens is 1. The molecule has 3 N–H and O–H groups in total. The molecule has 1 heterocycles. The summed E-state index contributed by atoms with van der Waals surface area (Å²) >= 11 is 0. The van der Waals surface area contributed by atoms with Crippen molar-refractivity contribution in [2.75, 3.05) is 6.54 Å². The second kappa shape index (κ2) is 6.92. The molecule has 0 radical (unpaired) electrons. The van der Waals surface area contributed by atoms with Crippen LogP contribution >= 0.6 is 0 Å².